The van der Waals surface area contributed by atoms with Crippen molar-refractivity contribution in [1.82, 2.24) is 29.2 Å². The van der Waals surface area contributed by atoms with Crippen molar-refractivity contribution >= 4 is 28.3 Å². The summed E-state index contributed by atoms with van der Waals surface area (Å²) < 4.78 is 19.4. The number of nitrogens with zero attached hydrogens (tertiary/aromatic N) is 4. The highest BCUT2D eigenvalue weighted by atomic mass is 32.1. The van der Waals surface area contributed by atoms with Crippen molar-refractivity contribution in [2.24, 2.45) is 7.05 Å². The van der Waals surface area contributed by atoms with E-state index in [2.05, 4.69) is 24.6 Å². The van der Waals surface area contributed by atoms with E-state index in [1.165, 1.54) is 30.0 Å². The third-order valence-electron chi connectivity index (χ3n) is 5.42. The molecule has 0 spiro atoms. The fourth-order valence-electron chi connectivity index (χ4n) is 3.85. The minimum absolute atomic E-state index is 0.256. The SMILES string of the molecule is Cc1[nH]c2cc(C(=O)NC(c3ccc(F)cc3)c3nccn3C)ccc2c1-c1ncns1. The molecule has 5 aromatic rings. The Kier molecular flexibility index (Phi) is 5.02. The van der Waals surface area contributed by atoms with E-state index in [1.807, 2.05) is 30.7 Å². The molecule has 7 nitrogen and oxygen atoms in total. The summed E-state index contributed by atoms with van der Waals surface area (Å²) in [5.41, 5.74) is 4.04. The first-order valence-corrected chi connectivity index (χ1v) is 10.7. The number of fused-ring (bicyclic) bond motifs is 1. The van der Waals surface area contributed by atoms with Gasteiger partial charge in [0.15, 0.2) is 0 Å². The number of carbonyl (C=O) groups is 1. The van der Waals surface area contributed by atoms with Gasteiger partial charge >= 0.3 is 0 Å². The summed E-state index contributed by atoms with van der Waals surface area (Å²) in [5.74, 6) is 0.0618. The van der Waals surface area contributed by atoms with Crippen LogP contribution in [0.25, 0.3) is 21.5 Å². The maximum atomic E-state index is 13.5. The molecule has 32 heavy (non-hydrogen) atoms. The van der Waals surface area contributed by atoms with Gasteiger partial charge in [0.1, 0.15) is 29.0 Å². The summed E-state index contributed by atoms with van der Waals surface area (Å²) in [5, 5.41) is 4.86. The minimum atomic E-state index is -0.527. The number of aryl methyl sites for hydroxylation is 2. The first kappa shape index (κ1) is 20.1. The van der Waals surface area contributed by atoms with Crippen LogP contribution in [0.5, 0.6) is 0 Å². The zero-order valence-corrected chi connectivity index (χ0v) is 18.2. The zero-order chi connectivity index (χ0) is 22.2. The van der Waals surface area contributed by atoms with Crippen LogP contribution < -0.4 is 5.32 Å². The Morgan fingerprint density at radius 3 is 2.69 bits per heavy atom. The summed E-state index contributed by atoms with van der Waals surface area (Å²) >= 11 is 1.33. The highest BCUT2D eigenvalue weighted by molar-refractivity contribution is 7.09. The van der Waals surface area contributed by atoms with Crippen LogP contribution in [0.15, 0.2) is 61.2 Å². The molecule has 2 N–H and O–H groups in total. The second kappa shape index (κ2) is 8.01. The maximum absolute atomic E-state index is 13.5. The largest absolute Gasteiger partial charge is 0.358 e. The third-order valence-corrected chi connectivity index (χ3v) is 6.10. The van der Waals surface area contributed by atoms with Gasteiger partial charge in [0.2, 0.25) is 0 Å². The molecule has 1 amide bonds. The van der Waals surface area contributed by atoms with Gasteiger partial charge in [-0.05, 0) is 48.3 Å². The molecule has 2 aromatic carbocycles. The van der Waals surface area contributed by atoms with Crippen LogP contribution in [0.4, 0.5) is 4.39 Å². The van der Waals surface area contributed by atoms with Gasteiger partial charge in [-0.2, -0.15) is 4.37 Å². The van der Waals surface area contributed by atoms with Crippen LogP contribution in [0.1, 0.15) is 33.5 Å². The number of amides is 1. The molecule has 0 saturated heterocycles. The summed E-state index contributed by atoms with van der Waals surface area (Å²) in [6, 6.07) is 11.1. The molecule has 0 aliphatic heterocycles. The number of imidazole rings is 1. The van der Waals surface area contributed by atoms with Gasteiger partial charge in [-0.25, -0.2) is 14.4 Å². The van der Waals surface area contributed by atoms with Crippen LogP contribution in [-0.2, 0) is 7.05 Å². The molecule has 160 valence electrons. The number of benzene rings is 2. The topological polar surface area (TPSA) is 88.5 Å². The number of H-pyrrole nitrogens is 1. The number of hydrogen-bond acceptors (Lipinski definition) is 5. The van der Waals surface area contributed by atoms with Crippen molar-refractivity contribution < 1.29 is 9.18 Å². The maximum Gasteiger partial charge on any atom is 0.252 e. The van der Waals surface area contributed by atoms with Crippen molar-refractivity contribution in [2.45, 2.75) is 13.0 Å². The molecule has 9 heteroatoms. The summed E-state index contributed by atoms with van der Waals surface area (Å²) in [6.45, 7) is 1.97. The van der Waals surface area contributed by atoms with E-state index < -0.39 is 6.04 Å². The lowest BCUT2D eigenvalue weighted by atomic mass is 10.0. The van der Waals surface area contributed by atoms with Crippen molar-refractivity contribution in [3.05, 3.63) is 89.6 Å². The molecule has 0 fully saturated rings. The molecule has 3 aromatic heterocycles. The summed E-state index contributed by atoms with van der Waals surface area (Å²) in [7, 11) is 1.85. The third kappa shape index (κ3) is 3.56. The summed E-state index contributed by atoms with van der Waals surface area (Å²) in [6.07, 6.45) is 5.01. The molecule has 0 aliphatic carbocycles. The molecule has 0 aliphatic rings. The van der Waals surface area contributed by atoms with Crippen molar-refractivity contribution in [3.63, 3.8) is 0 Å². The normalized spacial score (nSPS) is 12.2. The minimum Gasteiger partial charge on any atom is -0.358 e. The number of rotatable bonds is 5. The molecular formula is C23H19FN6OS. The van der Waals surface area contributed by atoms with E-state index in [1.54, 1.807) is 30.6 Å². The van der Waals surface area contributed by atoms with Crippen LogP contribution in [0, 0.1) is 12.7 Å². The number of aromatic amines is 1. The van der Waals surface area contributed by atoms with E-state index in [-0.39, 0.29) is 11.7 Å². The fraction of sp³-hybridized carbons (Fsp3) is 0.130. The predicted octanol–water partition coefficient (Wildman–Crippen LogP) is 4.39. The Labute approximate surface area is 187 Å². The number of hydrogen-bond donors (Lipinski definition) is 2. The van der Waals surface area contributed by atoms with Gasteiger partial charge in [0.05, 0.1) is 0 Å². The average Bonchev–Trinajstić information content (AvgIpc) is 3.51. The molecule has 0 bridgehead atoms. The molecule has 1 unspecified atom stereocenters. The van der Waals surface area contributed by atoms with E-state index in [0.29, 0.717) is 11.4 Å². The molecule has 1 atom stereocenters. The molecule has 0 radical (unpaired) electrons. The first-order valence-electron chi connectivity index (χ1n) is 9.94. The van der Waals surface area contributed by atoms with Gasteiger partial charge in [-0.3, -0.25) is 4.79 Å². The number of halogens is 1. The van der Waals surface area contributed by atoms with Crippen LogP contribution in [-0.4, -0.2) is 29.8 Å². The van der Waals surface area contributed by atoms with Gasteiger partial charge in [0.25, 0.3) is 5.91 Å². The first-order chi connectivity index (χ1) is 15.5. The number of aromatic nitrogens is 5. The highest BCUT2D eigenvalue weighted by Crippen LogP contribution is 2.33. The smallest absolute Gasteiger partial charge is 0.252 e. The predicted molar refractivity (Wildman–Crippen MR) is 121 cm³/mol. The second-order valence-electron chi connectivity index (χ2n) is 7.49. The van der Waals surface area contributed by atoms with Gasteiger partial charge in [0, 0.05) is 47.2 Å². The zero-order valence-electron chi connectivity index (χ0n) is 17.3. The van der Waals surface area contributed by atoms with Crippen molar-refractivity contribution in [2.75, 3.05) is 0 Å². The number of carbonyl (C=O) groups excluding carboxylic acids is 1. The van der Waals surface area contributed by atoms with Crippen molar-refractivity contribution in [3.8, 4) is 10.6 Å². The quantitative estimate of drug-likeness (QED) is 0.419. The van der Waals surface area contributed by atoms with Gasteiger partial charge < -0.3 is 14.9 Å². The van der Waals surface area contributed by atoms with E-state index >= 15 is 0 Å². The van der Waals surface area contributed by atoms with Gasteiger partial charge in [-0.1, -0.05) is 18.2 Å². The molecular weight excluding hydrogens is 427 g/mol. The standard InChI is InChI=1S/C23H19FN6OS/c1-13-19(23-26-12-27-32-23)17-8-5-15(11-18(17)28-13)22(31)29-20(21-25-9-10-30(21)2)14-3-6-16(24)7-4-14/h3-12,20,28H,1-2H3,(H,29,31). The van der Waals surface area contributed by atoms with Crippen LogP contribution >= 0.6 is 11.5 Å². The summed E-state index contributed by atoms with van der Waals surface area (Å²) in [4.78, 5) is 25.3. The molecule has 5 rings (SSSR count). The Hall–Kier alpha value is -3.85. The van der Waals surface area contributed by atoms with E-state index in [9.17, 15) is 9.18 Å². The van der Waals surface area contributed by atoms with Gasteiger partial charge in [-0.15, -0.1) is 0 Å². The Balaban J connectivity index is 1.49. The lowest BCUT2D eigenvalue weighted by molar-refractivity contribution is 0.0941. The molecule has 0 saturated carbocycles. The van der Waals surface area contributed by atoms with Crippen LogP contribution in [0.2, 0.25) is 0 Å². The lowest BCUT2D eigenvalue weighted by Crippen LogP contribution is -2.31. The lowest BCUT2D eigenvalue weighted by Gasteiger charge is -2.19. The van der Waals surface area contributed by atoms with E-state index in [0.717, 1.165) is 32.7 Å². The van der Waals surface area contributed by atoms with Crippen LogP contribution in [0.3, 0.4) is 0 Å². The highest BCUT2D eigenvalue weighted by Gasteiger charge is 2.22. The Morgan fingerprint density at radius 2 is 2.00 bits per heavy atom. The monoisotopic (exact) mass is 446 g/mol. The Morgan fingerprint density at radius 1 is 1.19 bits per heavy atom. The fourth-order valence-corrected chi connectivity index (χ4v) is 4.50. The average molecular weight is 447 g/mol. The van der Waals surface area contributed by atoms with E-state index in [4.69, 9.17) is 0 Å². The Bertz CT molecular complexity index is 1400. The second-order valence-corrected chi connectivity index (χ2v) is 8.27. The van der Waals surface area contributed by atoms with Crippen molar-refractivity contribution in [1.29, 1.82) is 0 Å². The number of nitrogens with one attached hydrogen (secondary N) is 2. The molecule has 3 heterocycles.